The predicted octanol–water partition coefficient (Wildman–Crippen LogP) is 4.75. The second-order valence-electron chi connectivity index (χ2n) is 4.33. The standard InChI is InChI=1S/C12H17ClS/c1-5-14-11-7-6-9(8-10(11)13)12(2,3)4/h6-8H,5H2,1-4H3. The fraction of sp³-hybridized carbons (Fsp3) is 0.500. The molecule has 0 aliphatic heterocycles. The van der Waals surface area contributed by atoms with Crippen molar-refractivity contribution in [1.29, 1.82) is 0 Å². The van der Waals surface area contributed by atoms with Crippen molar-refractivity contribution in [2.75, 3.05) is 5.75 Å². The first kappa shape index (κ1) is 11.9. The lowest BCUT2D eigenvalue weighted by molar-refractivity contribution is 0.590. The minimum atomic E-state index is 0.180. The molecule has 1 rings (SSSR count). The Kier molecular flexibility index (Phi) is 3.91. The molecule has 0 bridgehead atoms. The number of benzene rings is 1. The molecule has 0 N–H and O–H groups in total. The third-order valence-corrected chi connectivity index (χ3v) is 3.48. The Bertz CT molecular complexity index is 313. The van der Waals surface area contributed by atoms with Gasteiger partial charge in [0, 0.05) is 4.90 Å². The summed E-state index contributed by atoms with van der Waals surface area (Å²) in [4.78, 5) is 1.18. The molecule has 0 saturated carbocycles. The predicted molar refractivity (Wildman–Crippen MR) is 66.6 cm³/mol. The van der Waals surface area contributed by atoms with Crippen LogP contribution >= 0.6 is 23.4 Å². The lowest BCUT2D eigenvalue weighted by Gasteiger charge is -2.19. The molecule has 0 aliphatic rings. The van der Waals surface area contributed by atoms with Crippen molar-refractivity contribution in [3.63, 3.8) is 0 Å². The second kappa shape index (κ2) is 4.59. The Morgan fingerprint density at radius 1 is 1.29 bits per heavy atom. The van der Waals surface area contributed by atoms with Crippen LogP contribution in [0.15, 0.2) is 23.1 Å². The van der Waals surface area contributed by atoms with Crippen molar-refractivity contribution < 1.29 is 0 Å². The molecule has 14 heavy (non-hydrogen) atoms. The molecule has 0 heterocycles. The van der Waals surface area contributed by atoms with Crippen molar-refractivity contribution >= 4 is 23.4 Å². The quantitative estimate of drug-likeness (QED) is 0.659. The number of halogens is 1. The van der Waals surface area contributed by atoms with Crippen LogP contribution in [-0.4, -0.2) is 5.75 Å². The van der Waals surface area contributed by atoms with Crippen LogP contribution in [0.1, 0.15) is 33.3 Å². The van der Waals surface area contributed by atoms with Crippen molar-refractivity contribution in [1.82, 2.24) is 0 Å². The highest BCUT2D eigenvalue weighted by Gasteiger charge is 2.14. The third-order valence-electron chi connectivity index (χ3n) is 2.10. The van der Waals surface area contributed by atoms with Crippen LogP contribution in [0, 0.1) is 0 Å². The lowest BCUT2D eigenvalue weighted by atomic mass is 9.87. The van der Waals surface area contributed by atoms with E-state index in [0.29, 0.717) is 0 Å². The van der Waals surface area contributed by atoms with Gasteiger partial charge in [0.25, 0.3) is 0 Å². The van der Waals surface area contributed by atoms with Crippen molar-refractivity contribution in [2.45, 2.75) is 38.0 Å². The third kappa shape index (κ3) is 2.93. The molecule has 1 aromatic carbocycles. The van der Waals surface area contributed by atoms with E-state index in [-0.39, 0.29) is 5.41 Å². The van der Waals surface area contributed by atoms with Crippen LogP contribution < -0.4 is 0 Å². The molecule has 78 valence electrons. The molecule has 2 heteroatoms. The SMILES string of the molecule is CCSc1ccc(C(C)(C)C)cc1Cl. The minimum absolute atomic E-state index is 0.180. The summed E-state index contributed by atoms with van der Waals surface area (Å²) in [6.45, 7) is 8.74. The van der Waals surface area contributed by atoms with Gasteiger partial charge in [-0.05, 0) is 28.9 Å². The van der Waals surface area contributed by atoms with Gasteiger partial charge in [-0.15, -0.1) is 11.8 Å². The maximum atomic E-state index is 6.19. The van der Waals surface area contributed by atoms with Gasteiger partial charge in [0.05, 0.1) is 5.02 Å². The topological polar surface area (TPSA) is 0 Å². The maximum absolute atomic E-state index is 6.19. The van der Waals surface area contributed by atoms with E-state index in [9.17, 15) is 0 Å². The average molecular weight is 229 g/mol. The molecule has 0 unspecified atom stereocenters. The summed E-state index contributed by atoms with van der Waals surface area (Å²) >= 11 is 7.98. The highest BCUT2D eigenvalue weighted by molar-refractivity contribution is 7.99. The fourth-order valence-electron chi connectivity index (χ4n) is 1.24. The second-order valence-corrected chi connectivity index (χ2v) is 6.04. The van der Waals surface area contributed by atoms with Gasteiger partial charge >= 0.3 is 0 Å². The summed E-state index contributed by atoms with van der Waals surface area (Å²) in [5.41, 5.74) is 1.47. The van der Waals surface area contributed by atoms with Crippen LogP contribution in [0.25, 0.3) is 0 Å². The van der Waals surface area contributed by atoms with Gasteiger partial charge in [-0.1, -0.05) is 45.4 Å². The van der Waals surface area contributed by atoms with Gasteiger partial charge in [0.2, 0.25) is 0 Å². The summed E-state index contributed by atoms with van der Waals surface area (Å²) in [6.07, 6.45) is 0. The monoisotopic (exact) mass is 228 g/mol. The summed E-state index contributed by atoms with van der Waals surface area (Å²) in [5.74, 6) is 1.06. The molecule has 0 aliphatic carbocycles. The molecule has 0 fully saturated rings. The molecule has 0 saturated heterocycles. The first-order chi connectivity index (χ1) is 6.45. The first-order valence-corrected chi connectivity index (χ1v) is 6.24. The lowest BCUT2D eigenvalue weighted by Crippen LogP contribution is -2.10. The highest BCUT2D eigenvalue weighted by atomic mass is 35.5. The van der Waals surface area contributed by atoms with Gasteiger partial charge in [0.15, 0.2) is 0 Å². The van der Waals surface area contributed by atoms with Gasteiger partial charge in [-0.2, -0.15) is 0 Å². The van der Waals surface area contributed by atoms with E-state index in [1.807, 2.05) is 0 Å². The van der Waals surface area contributed by atoms with Crippen LogP contribution in [0.2, 0.25) is 5.02 Å². The van der Waals surface area contributed by atoms with Gasteiger partial charge < -0.3 is 0 Å². The number of thioether (sulfide) groups is 1. The van der Waals surface area contributed by atoms with E-state index in [1.165, 1.54) is 10.5 Å². The van der Waals surface area contributed by atoms with Crippen molar-refractivity contribution in [3.05, 3.63) is 28.8 Å². The van der Waals surface area contributed by atoms with Gasteiger partial charge in [0.1, 0.15) is 0 Å². The van der Waals surface area contributed by atoms with E-state index in [4.69, 9.17) is 11.6 Å². The molecule has 0 atom stereocenters. The molecule has 0 nitrogen and oxygen atoms in total. The molecule has 0 amide bonds. The summed E-state index contributed by atoms with van der Waals surface area (Å²) < 4.78 is 0. The molecule has 0 spiro atoms. The summed E-state index contributed by atoms with van der Waals surface area (Å²) in [7, 11) is 0. The highest BCUT2D eigenvalue weighted by Crippen LogP contribution is 2.31. The summed E-state index contributed by atoms with van der Waals surface area (Å²) in [6, 6.07) is 6.38. The van der Waals surface area contributed by atoms with Crippen molar-refractivity contribution in [2.24, 2.45) is 0 Å². The Labute approximate surface area is 96.0 Å². The molecular weight excluding hydrogens is 212 g/mol. The van der Waals surface area contributed by atoms with E-state index in [0.717, 1.165) is 10.8 Å². The number of rotatable bonds is 2. The Morgan fingerprint density at radius 2 is 1.93 bits per heavy atom. The normalized spacial score (nSPS) is 11.8. The van der Waals surface area contributed by atoms with Crippen molar-refractivity contribution in [3.8, 4) is 0 Å². The Morgan fingerprint density at radius 3 is 2.36 bits per heavy atom. The largest absolute Gasteiger partial charge is 0.125 e. The van der Waals surface area contributed by atoms with Crippen LogP contribution in [0.5, 0.6) is 0 Å². The molecule has 1 aromatic rings. The van der Waals surface area contributed by atoms with Crippen LogP contribution in [-0.2, 0) is 5.41 Å². The number of hydrogen-bond donors (Lipinski definition) is 0. The van der Waals surface area contributed by atoms with E-state index >= 15 is 0 Å². The van der Waals surface area contributed by atoms with E-state index in [2.05, 4.69) is 45.9 Å². The molecular formula is C12H17ClS. The van der Waals surface area contributed by atoms with Gasteiger partial charge in [-0.25, -0.2) is 0 Å². The zero-order valence-corrected chi connectivity index (χ0v) is 10.8. The van der Waals surface area contributed by atoms with Gasteiger partial charge in [-0.3, -0.25) is 0 Å². The van der Waals surface area contributed by atoms with Crippen LogP contribution in [0.3, 0.4) is 0 Å². The zero-order valence-electron chi connectivity index (χ0n) is 9.23. The van der Waals surface area contributed by atoms with Crippen LogP contribution in [0.4, 0.5) is 0 Å². The minimum Gasteiger partial charge on any atom is -0.125 e. The first-order valence-electron chi connectivity index (χ1n) is 4.88. The Balaban J connectivity index is 3.01. The zero-order chi connectivity index (χ0) is 10.8. The molecule has 0 radical (unpaired) electrons. The Hall–Kier alpha value is -0.140. The van der Waals surface area contributed by atoms with E-state index < -0.39 is 0 Å². The molecule has 0 aromatic heterocycles. The average Bonchev–Trinajstić information content (AvgIpc) is 2.07. The fourth-order valence-corrected chi connectivity index (χ4v) is 2.26. The smallest absolute Gasteiger partial charge is 0.0544 e. The number of hydrogen-bond acceptors (Lipinski definition) is 1. The maximum Gasteiger partial charge on any atom is 0.0544 e. The summed E-state index contributed by atoms with van der Waals surface area (Å²) in [5, 5.41) is 0.879. The van der Waals surface area contributed by atoms with E-state index in [1.54, 1.807) is 11.8 Å².